The molecule has 1 aliphatic carbocycles. The first-order chi connectivity index (χ1) is 6.52. The number of hydrogen-bond donors (Lipinski definition) is 2. The highest BCUT2D eigenvalue weighted by molar-refractivity contribution is 5.95. The van der Waals surface area contributed by atoms with Gasteiger partial charge in [-0.1, -0.05) is 0 Å². The van der Waals surface area contributed by atoms with Crippen molar-refractivity contribution in [2.75, 3.05) is 7.11 Å². The van der Waals surface area contributed by atoms with E-state index in [1.807, 2.05) is 0 Å². The Morgan fingerprint density at radius 2 is 2.00 bits per heavy atom. The third-order valence-electron chi connectivity index (χ3n) is 3.38. The van der Waals surface area contributed by atoms with Gasteiger partial charge < -0.3 is 15.8 Å². The quantitative estimate of drug-likeness (QED) is 0.546. The third kappa shape index (κ3) is 1.05. The van der Waals surface area contributed by atoms with Crippen LogP contribution in [0.5, 0.6) is 0 Å². The van der Waals surface area contributed by atoms with Crippen molar-refractivity contribution in [3.8, 4) is 0 Å². The van der Waals surface area contributed by atoms with Gasteiger partial charge in [-0.05, 0) is 25.7 Å². The van der Waals surface area contributed by atoms with Gasteiger partial charge in [0.2, 0.25) is 5.91 Å². The highest BCUT2D eigenvalue weighted by atomic mass is 16.5. The standard InChI is InChI=1S/C9H14N2O3/c1-14-7(13)9-4-2-8(10,3-5-9)6(12)11-9/h2-5,10H2,1H3,(H,11,12). The molecule has 0 aromatic carbocycles. The predicted molar refractivity (Wildman–Crippen MR) is 48.3 cm³/mol. The van der Waals surface area contributed by atoms with E-state index in [-0.39, 0.29) is 11.9 Å². The summed E-state index contributed by atoms with van der Waals surface area (Å²) in [7, 11) is 1.34. The van der Waals surface area contributed by atoms with E-state index >= 15 is 0 Å². The summed E-state index contributed by atoms with van der Waals surface area (Å²) in [4.78, 5) is 23.1. The molecule has 2 saturated heterocycles. The van der Waals surface area contributed by atoms with Crippen LogP contribution in [0.25, 0.3) is 0 Å². The molecule has 78 valence electrons. The Bertz CT molecular complexity index is 290. The van der Waals surface area contributed by atoms with Crippen LogP contribution in [0.2, 0.25) is 0 Å². The lowest BCUT2D eigenvalue weighted by Gasteiger charge is -2.49. The zero-order chi connectivity index (χ0) is 10.4. The largest absolute Gasteiger partial charge is 0.467 e. The zero-order valence-electron chi connectivity index (χ0n) is 8.13. The molecule has 0 unspecified atom stereocenters. The number of carbonyl (C=O) groups excluding carboxylic acids is 2. The van der Waals surface area contributed by atoms with Crippen molar-refractivity contribution in [3.05, 3.63) is 0 Å². The Balaban J connectivity index is 2.26. The summed E-state index contributed by atoms with van der Waals surface area (Å²) in [6, 6.07) is 0. The molecule has 5 nitrogen and oxygen atoms in total. The van der Waals surface area contributed by atoms with E-state index < -0.39 is 11.1 Å². The first kappa shape index (κ1) is 9.45. The summed E-state index contributed by atoms with van der Waals surface area (Å²) in [6.45, 7) is 0. The average Bonchev–Trinajstić information content (AvgIpc) is 2.19. The van der Waals surface area contributed by atoms with Crippen LogP contribution >= 0.6 is 0 Å². The molecule has 2 bridgehead atoms. The number of ether oxygens (including phenoxy) is 1. The number of fused-ring (bicyclic) bond motifs is 3. The molecule has 14 heavy (non-hydrogen) atoms. The third-order valence-corrected chi connectivity index (χ3v) is 3.38. The van der Waals surface area contributed by atoms with Crippen LogP contribution in [0.1, 0.15) is 25.7 Å². The van der Waals surface area contributed by atoms with Gasteiger partial charge >= 0.3 is 5.97 Å². The maximum Gasteiger partial charge on any atom is 0.331 e. The van der Waals surface area contributed by atoms with Gasteiger partial charge in [0, 0.05) is 0 Å². The SMILES string of the molecule is COC(=O)C12CCC(N)(CC1)C(=O)N2. The second-order valence-electron chi connectivity index (χ2n) is 4.18. The Morgan fingerprint density at radius 1 is 1.43 bits per heavy atom. The number of nitrogens with two attached hydrogens (primary N) is 1. The molecule has 5 heteroatoms. The topological polar surface area (TPSA) is 81.4 Å². The molecule has 3 N–H and O–H groups in total. The van der Waals surface area contributed by atoms with Gasteiger partial charge in [0.1, 0.15) is 5.54 Å². The molecule has 3 aliphatic rings. The molecule has 0 aromatic heterocycles. The average molecular weight is 198 g/mol. The number of hydrogen-bond acceptors (Lipinski definition) is 4. The number of piperidine rings is 2. The summed E-state index contributed by atoms with van der Waals surface area (Å²) < 4.78 is 4.70. The van der Waals surface area contributed by atoms with Crippen molar-refractivity contribution in [1.82, 2.24) is 5.32 Å². The van der Waals surface area contributed by atoms with Gasteiger partial charge in [0.25, 0.3) is 0 Å². The summed E-state index contributed by atoms with van der Waals surface area (Å²) in [6.07, 6.45) is 2.30. The number of carbonyl (C=O) groups is 2. The van der Waals surface area contributed by atoms with E-state index in [4.69, 9.17) is 10.5 Å². The van der Waals surface area contributed by atoms with Gasteiger partial charge in [0.15, 0.2) is 0 Å². The highest BCUT2D eigenvalue weighted by Crippen LogP contribution is 2.39. The molecule has 3 fully saturated rings. The number of esters is 1. The van der Waals surface area contributed by atoms with Crippen LogP contribution in [0, 0.1) is 0 Å². The molecular weight excluding hydrogens is 184 g/mol. The molecule has 1 saturated carbocycles. The Kier molecular flexibility index (Phi) is 1.82. The second kappa shape index (κ2) is 2.70. The van der Waals surface area contributed by atoms with E-state index in [1.165, 1.54) is 7.11 Å². The van der Waals surface area contributed by atoms with Crippen molar-refractivity contribution in [2.45, 2.75) is 36.8 Å². The van der Waals surface area contributed by atoms with E-state index in [0.717, 1.165) is 0 Å². The van der Waals surface area contributed by atoms with Crippen LogP contribution < -0.4 is 11.1 Å². The Labute approximate surface area is 82.0 Å². The van der Waals surface area contributed by atoms with E-state index in [1.54, 1.807) is 0 Å². The van der Waals surface area contributed by atoms with Crippen molar-refractivity contribution in [2.24, 2.45) is 5.73 Å². The minimum absolute atomic E-state index is 0.222. The molecule has 0 radical (unpaired) electrons. The molecule has 2 heterocycles. The van der Waals surface area contributed by atoms with Gasteiger partial charge in [-0.3, -0.25) is 4.79 Å². The molecule has 0 spiro atoms. The number of methoxy groups -OCH3 is 1. The van der Waals surface area contributed by atoms with E-state index in [0.29, 0.717) is 25.7 Å². The lowest BCUT2D eigenvalue weighted by molar-refractivity contribution is -0.159. The van der Waals surface area contributed by atoms with E-state index in [9.17, 15) is 9.59 Å². The summed E-state index contributed by atoms with van der Waals surface area (Å²) in [5.41, 5.74) is 4.32. The highest BCUT2D eigenvalue weighted by Gasteiger charge is 2.56. The first-order valence-electron chi connectivity index (χ1n) is 4.72. The molecule has 0 atom stereocenters. The number of nitrogens with one attached hydrogen (secondary N) is 1. The maximum atomic E-state index is 11.6. The van der Waals surface area contributed by atoms with Crippen LogP contribution in [-0.2, 0) is 14.3 Å². The maximum absolute atomic E-state index is 11.6. The van der Waals surface area contributed by atoms with Gasteiger partial charge in [-0.15, -0.1) is 0 Å². The summed E-state index contributed by atoms with van der Waals surface area (Å²) in [5, 5.41) is 2.68. The van der Waals surface area contributed by atoms with Crippen molar-refractivity contribution in [1.29, 1.82) is 0 Å². The first-order valence-corrected chi connectivity index (χ1v) is 4.72. The van der Waals surface area contributed by atoms with Crippen molar-refractivity contribution < 1.29 is 14.3 Å². The van der Waals surface area contributed by atoms with Crippen molar-refractivity contribution >= 4 is 11.9 Å². The van der Waals surface area contributed by atoms with Crippen molar-refractivity contribution in [3.63, 3.8) is 0 Å². The molecule has 1 amide bonds. The second-order valence-corrected chi connectivity index (χ2v) is 4.18. The van der Waals surface area contributed by atoms with Crippen LogP contribution in [0.4, 0.5) is 0 Å². The normalized spacial score (nSPS) is 40.6. The lowest BCUT2D eigenvalue weighted by atomic mass is 9.67. The predicted octanol–water partition coefficient (Wildman–Crippen LogP) is -0.700. The summed E-state index contributed by atoms with van der Waals surface area (Å²) in [5.74, 6) is -0.576. The lowest BCUT2D eigenvalue weighted by Crippen LogP contribution is -2.73. The minimum Gasteiger partial charge on any atom is -0.467 e. The fourth-order valence-electron chi connectivity index (χ4n) is 2.27. The number of amides is 1. The van der Waals surface area contributed by atoms with Gasteiger partial charge in [-0.25, -0.2) is 4.79 Å². The summed E-state index contributed by atoms with van der Waals surface area (Å²) >= 11 is 0. The van der Waals surface area contributed by atoms with Gasteiger partial charge in [0.05, 0.1) is 12.6 Å². The van der Waals surface area contributed by atoms with Crippen LogP contribution in [0.15, 0.2) is 0 Å². The smallest absolute Gasteiger partial charge is 0.331 e. The molecular formula is C9H14N2O3. The fourth-order valence-corrected chi connectivity index (χ4v) is 2.27. The van der Waals surface area contributed by atoms with Gasteiger partial charge in [-0.2, -0.15) is 0 Å². The monoisotopic (exact) mass is 198 g/mol. The Hall–Kier alpha value is -1.10. The molecule has 0 aromatic rings. The molecule has 3 rings (SSSR count). The zero-order valence-corrected chi connectivity index (χ0v) is 8.13. The Morgan fingerprint density at radius 3 is 2.43 bits per heavy atom. The minimum atomic E-state index is -0.799. The van der Waals surface area contributed by atoms with Crippen LogP contribution in [0.3, 0.4) is 0 Å². The fraction of sp³-hybridized carbons (Fsp3) is 0.778. The van der Waals surface area contributed by atoms with Crippen LogP contribution in [-0.4, -0.2) is 30.1 Å². The van der Waals surface area contributed by atoms with E-state index in [2.05, 4.69) is 5.32 Å². The number of rotatable bonds is 1. The molecule has 2 aliphatic heterocycles.